The number of rotatable bonds is 7. The molecule has 2 aromatic heterocycles. The summed E-state index contributed by atoms with van der Waals surface area (Å²) in [5, 5.41) is 17.4. The van der Waals surface area contributed by atoms with E-state index in [-0.39, 0.29) is 17.5 Å². The van der Waals surface area contributed by atoms with Crippen LogP contribution in [0.3, 0.4) is 0 Å². The van der Waals surface area contributed by atoms with Crippen LogP contribution in [0.25, 0.3) is 0 Å². The molecule has 26 heavy (non-hydrogen) atoms. The largest absolute Gasteiger partial charge is 0.364 e. The van der Waals surface area contributed by atoms with Crippen molar-refractivity contribution in [2.24, 2.45) is 11.7 Å². The molecule has 1 aliphatic carbocycles. The zero-order chi connectivity index (χ0) is 18.4. The smallest absolute Gasteiger partial charge is 0.329 e. The first-order valence-electron chi connectivity index (χ1n) is 8.75. The SMILES string of the molecule is NC1CCC(CNc2nc(NCc3cccnc3)ncc2[N+](=O)[O-])CC1. The van der Waals surface area contributed by atoms with Gasteiger partial charge in [-0.3, -0.25) is 15.1 Å². The van der Waals surface area contributed by atoms with Crippen molar-refractivity contribution in [2.75, 3.05) is 17.2 Å². The third kappa shape index (κ3) is 4.85. The monoisotopic (exact) mass is 357 g/mol. The van der Waals surface area contributed by atoms with Crippen LogP contribution >= 0.6 is 0 Å². The molecule has 0 atom stereocenters. The molecule has 1 aliphatic rings. The van der Waals surface area contributed by atoms with E-state index in [9.17, 15) is 10.1 Å². The zero-order valence-corrected chi connectivity index (χ0v) is 14.5. The first-order chi connectivity index (χ1) is 12.6. The van der Waals surface area contributed by atoms with Gasteiger partial charge in [-0.1, -0.05) is 6.07 Å². The summed E-state index contributed by atoms with van der Waals surface area (Å²) in [5.74, 6) is 1.04. The van der Waals surface area contributed by atoms with Crippen LogP contribution in [0, 0.1) is 16.0 Å². The lowest BCUT2D eigenvalue weighted by Gasteiger charge is -2.26. The lowest BCUT2D eigenvalue weighted by atomic mass is 9.86. The summed E-state index contributed by atoms with van der Waals surface area (Å²) >= 11 is 0. The van der Waals surface area contributed by atoms with Gasteiger partial charge in [-0.05, 0) is 43.2 Å². The highest BCUT2D eigenvalue weighted by molar-refractivity contribution is 5.57. The Kier molecular flexibility index (Phi) is 5.90. The minimum absolute atomic E-state index is 0.121. The first kappa shape index (κ1) is 18.0. The standard InChI is InChI=1S/C17H23N7O2/c18-14-5-3-12(4-6-14)9-20-16-15(24(25)26)11-22-17(23-16)21-10-13-2-1-7-19-8-13/h1-2,7-8,11-12,14H,3-6,9-10,18H2,(H2,20,21,22,23). The van der Waals surface area contributed by atoms with Crippen LogP contribution in [0.5, 0.6) is 0 Å². The minimum Gasteiger partial charge on any atom is -0.364 e. The van der Waals surface area contributed by atoms with Crippen molar-refractivity contribution in [2.45, 2.75) is 38.3 Å². The second kappa shape index (κ2) is 8.52. The number of pyridine rings is 1. The maximum Gasteiger partial charge on any atom is 0.329 e. The molecule has 138 valence electrons. The Balaban J connectivity index is 1.65. The third-order valence-electron chi connectivity index (χ3n) is 4.59. The highest BCUT2D eigenvalue weighted by Crippen LogP contribution is 2.26. The average Bonchev–Trinajstić information content (AvgIpc) is 2.66. The van der Waals surface area contributed by atoms with Crippen LogP contribution < -0.4 is 16.4 Å². The van der Waals surface area contributed by atoms with E-state index in [1.165, 1.54) is 6.20 Å². The Labute approximate surface area is 151 Å². The van der Waals surface area contributed by atoms with Crippen LogP contribution in [-0.4, -0.2) is 32.5 Å². The Morgan fingerprint density at radius 2 is 2.04 bits per heavy atom. The van der Waals surface area contributed by atoms with E-state index in [4.69, 9.17) is 5.73 Å². The molecule has 2 heterocycles. The molecule has 9 heteroatoms. The maximum absolute atomic E-state index is 11.2. The van der Waals surface area contributed by atoms with Gasteiger partial charge in [0.1, 0.15) is 6.20 Å². The van der Waals surface area contributed by atoms with Crippen LogP contribution in [-0.2, 0) is 6.54 Å². The van der Waals surface area contributed by atoms with Crippen molar-refractivity contribution < 1.29 is 4.92 Å². The molecule has 0 bridgehead atoms. The maximum atomic E-state index is 11.2. The zero-order valence-electron chi connectivity index (χ0n) is 14.5. The summed E-state index contributed by atoms with van der Waals surface area (Å²) < 4.78 is 0. The number of nitrogens with zero attached hydrogens (tertiary/aromatic N) is 4. The molecule has 1 fully saturated rings. The van der Waals surface area contributed by atoms with Gasteiger partial charge in [-0.15, -0.1) is 0 Å². The van der Waals surface area contributed by atoms with E-state index in [2.05, 4.69) is 25.6 Å². The van der Waals surface area contributed by atoms with Gasteiger partial charge in [0.05, 0.1) is 4.92 Å². The molecule has 0 amide bonds. The molecule has 0 unspecified atom stereocenters. The van der Waals surface area contributed by atoms with Crippen molar-refractivity contribution in [1.29, 1.82) is 0 Å². The first-order valence-corrected chi connectivity index (χ1v) is 8.75. The number of anilines is 2. The highest BCUT2D eigenvalue weighted by atomic mass is 16.6. The van der Waals surface area contributed by atoms with Crippen LogP contribution in [0.1, 0.15) is 31.2 Å². The summed E-state index contributed by atoms with van der Waals surface area (Å²) in [6.45, 7) is 1.14. The number of nitrogens with one attached hydrogen (secondary N) is 2. The van der Waals surface area contributed by atoms with Crippen molar-refractivity contribution in [3.63, 3.8) is 0 Å². The summed E-state index contributed by atoms with van der Waals surface area (Å²) in [7, 11) is 0. The van der Waals surface area contributed by atoms with Gasteiger partial charge in [0.25, 0.3) is 0 Å². The number of aromatic nitrogens is 3. The van der Waals surface area contributed by atoms with Crippen LogP contribution in [0.2, 0.25) is 0 Å². The fraction of sp³-hybridized carbons (Fsp3) is 0.471. The number of nitro groups is 1. The predicted molar refractivity (Wildman–Crippen MR) is 98.7 cm³/mol. The van der Waals surface area contributed by atoms with Crippen molar-refractivity contribution in [3.8, 4) is 0 Å². The fourth-order valence-corrected chi connectivity index (χ4v) is 3.04. The number of nitrogens with two attached hydrogens (primary N) is 1. The minimum atomic E-state index is -0.468. The molecular formula is C17H23N7O2. The van der Waals surface area contributed by atoms with Gasteiger partial charge in [0, 0.05) is 31.5 Å². The summed E-state index contributed by atoms with van der Waals surface area (Å²) in [5.41, 5.74) is 6.78. The molecule has 0 saturated heterocycles. The molecule has 2 aromatic rings. The third-order valence-corrected chi connectivity index (χ3v) is 4.59. The predicted octanol–water partition coefficient (Wildman–Crippen LogP) is 2.32. The normalized spacial score (nSPS) is 19.7. The lowest BCUT2D eigenvalue weighted by molar-refractivity contribution is -0.384. The van der Waals surface area contributed by atoms with Gasteiger partial charge in [-0.2, -0.15) is 4.98 Å². The molecule has 9 nitrogen and oxygen atoms in total. The summed E-state index contributed by atoms with van der Waals surface area (Å²) in [6, 6.07) is 4.05. The molecule has 4 N–H and O–H groups in total. The van der Waals surface area contributed by atoms with Crippen molar-refractivity contribution in [1.82, 2.24) is 15.0 Å². The van der Waals surface area contributed by atoms with Gasteiger partial charge < -0.3 is 16.4 Å². The van der Waals surface area contributed by atoms with Crippen LogP contribution in [0.15, 0.2) is 30.7 Å². The Bertz CT molecular complexity index is 733. The highest BCUT2D eigenvalue weighted by Gasteiger charge is 2.21. The van der Waals surface area contributed by atoms with Gasteiger partial charge in [0.2, 0.25) is 11.8 Å². The molecule has 3 rings (SSSR count). The number of hydrogen-bond acceptors (Lipinski definition) is 8. The van der Waals surface area contributed by atoms with E-state index in [1.807, 2.05) is 12.1 Å². The summed E-state index contributed by atoms with van der Waals surface area (Å²) in [6.07, 6.45) is 8.72. The average molecular weight is 357 g/mol. The van der Waals surface area contributed by atoms with Crippen molar-refractivity contribution in [3.05, 3.63) is 46.4 Å². The van der Waals surface area contributed by atoms with Gasteiger partial charge in [-0.25, -0.2) is 4.98 Å². The molecule has 0 spiro atoms. The van der Waals surface area contributed by atoms with E-state index in [0.29, 0.717) is 25.0 Å². The molecule has 0 radical (unpaired) electrons. The Morgan fingerprint density at radius 3 is 2.73 bits per heavy atom. The number of hydrogen-bond donors (Lipinski definition) is 3. The van der Waals surface area contributed by atoms with Gasteiger partial charge in [0.15, 0.2) is 0 Å². The quantitative estimate of drug-likeness (QED) is 0.508. The van der Waals surface area contributed by atoms with E-state index >= 15 is 0 Å². The van der Waals surface area contributed by atoms with Crippen LogP contribution in [0.4, 0.5) is 17.5 Å². The molecule has 0 aliphatic heterocycles. The molecular weight excluding hydrogens is 334 g/mol. The van der Waals surface area contributed by atoms with Crippen molar-refractivity contribution >= 4 is 17.5 Å². The second-order valence-corrected chi connectivity index (χ2v) is 6.56. The van der Waals surface area contributed by atoms with E-state index < -0.39 is 4.92 Å². The van der Waals surface area contributed by atoms with E-state index in [0.717, 1.165) is 31.2 Å². The molecule has 0 aromatic carbocycles. The Morgan fingerprint density at radius 1 is 1.23 bits per heavy atom. The summed E-state index contributed by atoms with van der Waals surface area (Å²) in [4.78, 5) is 23.2. The van der Waals surface area contributed by atoms with E-state index in [1.54, 1.807) is 12.4 Å². The Hall–Kier alpha value is -2.81. The molecule has 1 saturated carbocycles. The fourth-order valence-electron chi connectivity index (χ4n) is 3.04. The lowest BCUT2D eigenvalue weighted by Crippen LogP contribution is -2.29. The van der Waals surface area contributed by atoms with Gasteiger partial charge >= 0.3 is 5.69 Å². The second-order valence-electron chi connectivity index (χ2n) is 6.56. The topological polar surface area (TPSA) is 132 Å².